The third kappa shape index (κ3) is 5.84. The fraction of sp³-hybridized carbons (Fsp3) is 0.432. The summed E-state index contributed by atoms with van der Waals surface area (Å²) in [6.45, 7) is 8.49. The van der Waals surface area contributed by atoms with Gasteiger partial charge >= 0.3 is 0 Å². The highest BCUT2D eigenvalue weighted by Gasteiger charge is 2.60. The van der Waals surface area contributed by atoms with Crippen LogP contribution < -0.4 is 10.2 Å². The second kappa shape index (κ2) is 12.0. The number of nitrogens with one attached hydrogen (secondary N) is 2. The lowest BCUT2D eigenvalue weighted by molar-refractivity contribution is -0.150. The van der Waals surface area contributed by atoms with Gasteiger partial charge in [-0.25, -0.2) is 0 Å². The normalized spacial score (nSPS) is 20.5. The number of aryl methyl sites for hydroxylation is 1. The van der Waals surface area contributed by atoms with Crippen LogP contribution in [-0.2, 0) is 16.1 Å². The van der Waals surface area contributed by atoms with Crippen LogP contribution in [0.5, 0.6) is 0 Å². The predicted molar refractivity (Wildman–Crippen MR) is 181 cm³/mol. The van der Waals surface area contributed by atoms with Crippen molar-refractivity contribution in [1.29, 1.82) is 0 Å². The molecule has 0 spiro atoms. The summed E-state index contributed by atoms with van der Waals surface area (Å²) < 4.78 is 0. The minimum absolute atomic E-state index is 0.0274. The third-order valence-corrected chi connectivity index (χ3v) is 10.5. The highest BCUT2D eigenvalue weighted by Crippen LogP contribution is 2.67. The molecule has 0 bridgehead atoms. The smallest absolute Gasteiger partial charge is 0.250 e. The summed E-state index contributed by atoms with van der Waals surface area (Å²) in [5.41, 5.74) is 5.32. The zero-order chi connectivity index (χ0) is 31.9. The number of carbonyl (C=O) groups excluding carboxylic acids is 2. The van der Waals surface area contributed by atoms with Crippen LogP contribution >= 0.6 is 0 Å². The van der Waals surface area contributed by atoms with Crippen LogP contribution in [0.1, 0.15) is 55.8 Å². The fourth-order valence-corrected chi connectivity index (χ4v) is 7.55. The van der Waals surface area contributed by atoms with E-state index in [2.05, 4.69) is 72.3 Å². The monoisotopic (exact) mass is 606 g/mol. The van der Waals surface area contributed by atoms with Gasteiger partial charge in [-0.2, -0.15) is 0 Å². The van der Waals surface area contributed by atoms with Gasteiger partial charge < -0.3 is 25.0 Å². The number of hydrogen-bond acceptors (Lipinski definition) is 5. The Bertz CT molecular complexity index is 1670. The molecule has 6 rings (SSSR count). The van der Waals surface area contributed by atoms with Gasteiger partial charge in [-0.15, -0.1) is 0 Å². The first-order valence-corrected chi connectivity index (χ1v) is 16.1. The number of pyridine rings is 1. The van der Waals surface area contributed by atoms with Crippen molar-refractivity contribution in [2.24, 2.45) is 11.3 Å². The summed E-state index contributed by atoms with van der Waals surface area (Å²) in [7, 11) is 6.07. The van der Waals surface area contributed by atoms with Gasteiger partial charge in [-0.3, -0.25) is 14.6 Å². The van der Waals surface area contributed by atoms with Crippen molar-refractivity contribution in [3.63, 3.8) is 0 Å². The first-order chi connectivity index (χ1) is 21.5. The van der Waals surface area contributed by atoms with Gasteiger partial charge in [0.05, 0.1) is 0 Å². The first kappa shape index (κ1) is 30.8. The Balaban J connectivity index is 1.33. The number of fused-ring (bicyclic) bond motifs is 1. The van der Waals surface area contributed by atoms with E-state index in [9.17, 15) is 9.59 Å². The molecule has 236 valence electrons. The van der Waals surface area contributed by atoms with E-state index >= 15 is 0 Å². The number of H-pyrrole nitrogens is 1. The number of likely N-dealkylation sites (tertiary alicyclic amines) is 1. The van der Waals surface area contributed by atoms with E-state index in [1.54, 1.807) is 12.4 Å². The van der Waals surface area contributed by atoms with Crippen molar-refractivity contribution in [2.75, 3.05) is 44.4 Å². The molecule has 1 saturated heterocycles. The van der Waals surface area contributed by atoms with Gasteiger partial charge in [0.2, 0.25) is 11.8 Å². The number of para-hydroxylation sites is 1. The van der Waals surface area contributed by atoms with Crippen LogP contribution in [0.25, 0.3) is 10.9 Å². The minimum atomic E-state index is -0.981. The van der Waals surface area contributed by atoms with Crippen molar-refractivity contribution in [1.82, 2.24) is 19.8 Å². The Morgan fingerprint density at radius 3 is 2.40 bits per heavy atom. The molecule has 2 aromatic heterocycles. The van der Waals surface area contributed by atoms with E-state index < -0.39 is 5.54 Å². The molecule has 1 aliphatic carbocycles. The van der Waals surface area contributed by atoms with E-state index in [-0.39, 0.29) is 29.1 Å². The fourth-order valence-electron chi connectivity index (χ4n) is 7.55. The van der Waals surface area contributed by atoms with E-state index in [0.29, 0.717) is 25.8 Å². The molecule has 3 heterocycles. The van der Waals surface area contributed by atoms with Crippen LogP contribution in [-0.4, -0.2) is 71.4 Å². The summed E-state index contributed by atoms with van der Waals surface area (Å²) in [6, 6.07) is 20.2. The molecular formula is C37H46N6O2. The molecule has 2 amide bonds. The quantitative estimate of drug-likeness (QED) is 0.237. The molecule has 2 aromatic carbocycles. The van der Waals surface area contributed by atoms with Gasteiger partial charge in [0, 0.05) is 80.5 Å². The Morgan fingerprint density at radius 1 is 1.02 bits per heavy atom. The van der Waals surface area contributed by atoms with E-state index in [1.165, 1.54) is 16.6 Å². The first-order valence-electron chi connectivity index (χ1n) is 16.1. The summed E-state index contributed by atoms with van der Waals surface area (Å²) >= 11 is 0. The van der Waals surface area contributed by atoms with Crippen molar-refractivity contribution in [3.8, 4) is 0 Å². The molecule has 0 radical (unpaired) electrons. The lowest BCUT2D eigenvalue weighted by Crippen LogP contribution is -2.62. The zero-order valence-electron chi connectivity index (χ0n) is 27.4. The molecule has 8 heteroatoms. The summed E-state index contributed by atoms with van der Waals surface area (Å²) in [4.78, 5) is 43.2. The Labute approximate surface area is 266 Å². The Morgan fingerprint density at radius 2 is 1.73 bits per heavy atom. The second-order valence-corrected chi connectivity index (χ2v) is 13.9. The number of carbonyl (C=O) groups is 2. The van der Waals surface area contributed by atoms with Gasteiger partial charge in [0.15, 0.2) is 0 Å². The number of aromatic amines is 1. The number of hydrogen-bond donors (Lipinski definition) is 2. The predicted octanol–water partition coefficient (Wildman–Crippen LogP) is 6.20. The largest absolute Gasteiger partial charge is 0.378 e. The standard InChI is InChI=1S/C37H46N6O2/c1-25-33(29-11-7-8-12-31(29)39-25)34-30(36(34,2)3)22-32(44)43(24-26-10-9-19-38-23-26)37(17-20-42(6)21-18-37)35(45)40-27-13-15-28(16-14-27)41(4)5/h7-16,19,23,30,34,39H,17-18,20-22,24H2,1-6H3,(H,40,45)/t30-,34-/m1/s1. The number of aromatic nitrogens is 2. The summed E-state index contributed by atoms with van der Waals surface area (Å²) in [6.07, 6.45) is 5.07. The van der Waals surface area contributed by atoms with Gasteiger partial charge in [0.1, 0.15) is 5.54 Å². The second-order valence-electron chi connectivity index (χ2n) is 13.9. The average Bonchev–Trinajstić information content (AvgIpc) is 3.37. The number of benzene rings is 2. The van der Waals surface area contributed by atoms with Gasteiger partial charge in [-0.05, 0) is 91.6 Å². The van der Waals surface area contributed by atoms with Crippen molar-refractivity contribution in [3.05, 3.63) is 89.9 Å². The molecule has 8 nitrogen and oxygen atoms in total. The molecule has 1 saturated carbocycles. The molecule has 45 heavy (non-hydrogen) atoms. The van der Waals surface area contributed by atoms with Crippen LogP contribution in [0.3, 0.4) is 0 Å². The summed E-state index contributed by atoms with van der Waals surface area (Å²) in [5.74, 6) is 0.337. The van der Waals surface area contributed by atoms with Crippen molar-refractivity contribution < 1.29 is 9.59 Å². The number of piperidine rings is 1. The van der Waals surface area contributed by atoms with Crippen molar-refractivity contribution >= 4 is 34.1 Å². The average molecular weight is 607 g/mol. The highest BCUT2D eigenvalue weighted by molar-refractivity contribution is 6.01. The van der Waals surface area contributed by atoms with Crippen LogP contribution in [0.15, 0.2) is 73.1 Å². The minimum Gasteiger partial charge on any atom is -0.378 e. The molecule has 2 aliphatic rings. The van der Waals surface area contributed by atoms with Gasteiger partial charge in [0.25, 0.3) is 0 Å². The number of anilines is 2. The highest BCUT2D eigenvalue weighted by atomic mass is 16.2. The van der Waals surface area contributed by atoms with E-state index in [4.69, 9.17) is 0 Å². The maximum absolute atomic E-state index is 14.7. The third-order valence-electron chi connectivity index (χ3n) is 10.5. The molecule has 4 aromatic rings. The maximum atomic E-state index is 14.7. The Kier molecular flexibility index (Phi) is 8.20. The van der Waals surface area contributed by atoms with Crippen LogP contribution in [0, 0.1) is 18.3 Å². The van der Waals surface area contributed by atoms with Crippen molar-refractivity contribution in [2.45, 2.75) is 58.0 Å². The van der Waals surface area contributed by atoms with E-state index in [1.807, 2.05) is 60.3 Å². The molecule has 2 N–H and O–H groups in total. The molecular weight excluding hydrogens is 560 g/mol. The number of amides is 2. The number of rotatable bonds is 9. The molecule has 0 unspecified atom stereocenters. The maximum Gasteiger partial charge on any atom is 0.250 e. The topological polar surface area (TPSA) is 84.6 Å². The van der Waals surface area contributed by atoms with Crippen LogP contribution in [0.4, 0.5) is 11.4 Å². The molecule has 2 atom stereocenters. The lowest BCUT2D eigenvalue weighted by atomic mass is 9.83. The zero-order valence-corrected chi connectivity index (χ0v) is 27.4. The lowest BCUT2D eigenvalue weighted by Gasteiger charge is -2.47. The van der Waals surface area contributed by atoms with Crippen LogP contribution in [0.2, 0.25) is 0 Å². The molecule has 2 fully saturated rings. The SMILES string of the molecule is Cc1[nH]c2ccccc2c1[C@H]1[C@@H](CC(=O)N(Cc2cccnc2)C2(C(=O)Nc3ccc(N(C)C)cc3)CCN(C)CC2)C1(C)C. The Hall–Kier alpha value is -4.17. The molecule has 1 aliphatic heterocycles. The summed E-state index contributed by atoms with van der Waals surface area (Å²) in [5, 5.41) is 4.45. The number of nitrogens with zero attached hydrogens (tertiary/aromatic N) is 4. The van der Waals surface area contributed by atoms with Gasteiger partial charge in [-0.1, -0.05) is 38.1 Å². The van der Waals surface area contributed by atoms with E-state index in [0.717, 1.165) is 35.5 Å².